The summed E-state index contributed by atoms with van der Waals surface area (Å²) in [5.74, 6) is 1.48. The average Bonchev–Trinajstić information content (AvgIpc) is 2.47. The number of hydrogen-bond acceptors (Lipinski definition) is 3. The van der Waals surface area contributed by atoms with Crippen molar-refractivity contribution in [1.29, 1.82) is 0 Å². The molecule has 0 heterocycles. The van der Waals surface area contributed by atoms with E-state index in [4.69, 9.17) is 15.2 Å². The molecule has 2 aromatic rings. The van der Waals surface area contributed by atoms with Crippen molar-refractivity contribution in [3.63, 3.8) is 0 Å². The maximum Gasteiger partial charge on any atom is 0.160 e. The van der Waals surface area contributed by atoms with Crippen LogP contribution in [0.2, 0.25) is 0 Å². The number of nitrogens with two attached hydrogens (primary N) is 1. The highest BCUT2D eigenvalue weighted by atomic mass is 16.5. The van der Waals surface area contributed by atoms with Crippen LogP contribution in [0.5, 0.6) is 11.5 Å². The van der Waals surface area contributed by atoms with Crippen molar-refractivity contribution in [1.82, 2.24) is 0 Å². The molecule has 0 saturated heterocycles. The van der Waals surface area contributed by atoms with Gasteiger partial charge < -0.3 is 15.2 Å². The van der Waals surface area contributed by atoms with E-state index in [0.717, 1.165) is 29.9 Å². The Hall–Kier alpha value is -2.00. The lowest BCUT2D eigenvalue weighted by Crippen LogP contribution is -2.40. The van der Waals surface area contributed by atoms with Crippen LogP contribution in [-0.4, -0.2) is 19.8 Å². The molecule has 0 aliphatic carbocycles. The van der Waals surface area contributed by atoms with E-state index in [1.165, 1.54) is 5.56 Å². The van der Waals surface area contributed by atoms with Crippen molar-refractivity contribution in [2.75, 3.05) is 14.2 Å². The second-order valence-electron chi connectivity index (χ2n) is 5.68. The summed E-state index contributed by atoms with van der Waals surface area (Å²) in [6.45, 7) is 2.08. The van der Waals surface area contributed by atoms with Gasteiger partial charge >= 0.3 is 0 Å². The predicted molar refractivity (Wildman–Crippen MR) is 86.0 cm³/mol. The summed E-state index contributed by atoms with van der Waals surface area (Å²) in [6, 6.07) is 16.3. The highest BCUT2D eigenvalue weighted by molar-refractivity contribution is 5.43. The smallest absolute Gasteiger partial charge is 0.160 e. The van der Waals surface area contributed by atoms with Gasteiger partial charge in [0.1, 0.15) is 0 Å². The van der Waals surface area contributed by atoms with E-state index in [-0.39, 0.29) is 5.54 Å². The molecular formula is C18H23NO2. The topological polar surface area (TPSA) is 44.5 Å². The molecule has 1 atom stereocenters. The Balaban J connectivity index is 2.12. The molecule has 0 saturated carbocycles. The van der Waals surface area contributed by atoms with Crippen molar-refractivity contribution in [3.05, 3.63) is 59.7 Å². The second kappa shape index (κ2) is 6.64. The summed E-state index contributed by atoms with van der Waals surface area (Å²) in [7, 11) is 3.28. The summed E-state index contributed by atoms with van der Waals surface area (Å²) in [5.41, 5.74) is 8.57. The van der Waals surface area contributed by atoms with Gasteiger partial charge in [0.2, 0.25) is 0 Å². The molecule has 2 aromatic carbocycles. The maximum atomic E-state index is 6.47. The molecule has 0 aliphatic rings. The molecule has 112 valence electrons. The van der Waals surface area contributed by atoms with Crippen LogP contribution in [0.4, 0.5) is 0 Å². The van der Waals surface area contributed by atoms with Crippen LogP contribution in [0.25, 0.3) is 0 Å². The minimum Gasteiger partial charge on any atom is -0.493 e. The zero-order valence-corrected chi connectivity index (χ0v) is 12.9. The fourth-order valence-electron chi connectivity index (χ4n) is 2.58. The van der Waals surface area contributed by atoms with Gasteiger partial charge in [-0.2, -0.15) is 0 Å². The van der Waals surface area contributed by atoms with Gasteiger partial charge in [-0.05, 0) is 43.0 Å². The van der Waals surface area contributed by atoms with Gasteiger partial charge in [0.15, 0.2) is 11.5 Å². The molecule has 0 fully saturated rings. The van der Waals surface area contributed by atoms with Crippen molar-refractivity contribution in [2.45, 2.75) is 25.3 Å². The summed E-state index contributed by atoms with van der Waals surface area (Å²) in [4.78, 5) is 0. The maximum absolute atomic E-state index is 6.47. The first-order valence-corrected chi connectivity index (χ1v) is 7.08. The van der Waals surface area contributed by atoms with Crippen LogP contribution in [0.15, 0.2) is 48.5 Å². The molecule has 2 N–H and O–H groups in total. The van der Waals surface area contributed by atoms with Crippen LogP contribution in [-0.2, 0) is 12.8 Å². The molecule has 1 unspecified atom stereocenters. The van der Waals surface area contributed by atoms with Crippen molar-refractivity contribution in [3.8, 4) is 11.5 Å². The normalized spacial score (nSPS) is 13.5. The summed E-state index contributed by atoms with van der Waals surface area (Å²) in [6.07, 6.45) is 1.62. The molecule has 0 bridgehead atoms. The van der Waals surface area contributed by atoms with E-state index in [1.54, 1.807) is 14.2 Å². The number of benzene rings is 2. The van der Waals surface area contributed by atoms with Gasteiger partial charge in [-0.15, -0.1) is 0 Å². The van der Waals surface area contributed by atoms with Crippen LogP contribution >= 0.6 is 0 Å². The Labute approximate surface area is 126 Å². The minimum atomic E-state index is -0.305. The lowest BCUT2D eigenvalue weighted by Gasteiger charge is -2.25. The fraction of sp³-hybridized carbons (Fsp3) is 0.333. The van der Waals surface area contributed by atoms with Gasteiger partial charge in [0, 0.05) is 5.54 Å². The summed E-state index contributed by atoms with van der Waals surface area (Å²) >= 11 is 0. The van der Waals surface area contributed by atoms with Gasteiger partial charge in [-0.3, -0.25) is 0 Å². The van der Waals surface area contributed by atoms with Gasteiger partial charge in [0.25, 0.3) is 0 Å². The molecule has 2 rings (SSSR count). The Morgan fingerprint density at radius 2 is 1.48 bits per heavy atom. The van der Waals surface area contributed by atoms with Crippen LogP contribution in [0, 0.1) is 0 Å². The van der Waals surface area contributed by atoms with E-state index >= 15 is 0 Å². The molecular weight excluding hydrogens is 262 g/mol. The highest BCUT2D eigenvalue weighted by Crippen LogP contribution is 2.29. The largest absolute Gasteiger partial charge is 0.493 e. The number of rotatable bonds is 6. The fourth-order valence-corrected chi connectivity index (χ4v) is 2.58. The van der Waals surface area contributed by atoms with Crippen LogP contribution in [0.1, 0.15) is 18.1 Å². The number of ether oxygens (including phenoxy) is 2. The third-order valence-corrected chi connectivity index (χ3v) is 3.51. The second-order valence-corrected chi connectivity index (χ2v) is 5.68. The van der Waals surface area contributed by atoms with Gasteiger partial charge in [0.05, 0.1) is 14.2 Å². The van der Waals surface area contributed by atoms with E-state index < -0.39 is 0 Å². The lowest BCUT2D eigenvalue weighted by molar-refractivity contribution is 0.354. The van der Waals surface area contributed by atoms with Gasteiger partial charge in [-0.25, -0.2) is 0 Å². The Morgan fingerprint density at radius 3 is 2.10 bits per heavy atom. The molecule has 3 heteroatoms. The SMILES string of the molecule is COc1ccc(CC(C)(N)Cc2ccccc2)cc1OC. The summed E-state index contributed by atoms with van der Waals surface area (Å²) < 4.78 is 10.6. The first-order valence-electron chi connectivity index (χ1n) is 7.08. The minimum absolute atomic E-state index is 0.305. The molecule has 0 amide bonds. The van der Waals surface area contributed by atoms with Crippen molar-refractivity contribution < 1.29 is 9.47 Å². The zero-order chi connectivity index (χ0) is 15.3. The number of methoxy groups -OCH3 is 2. The summed E-state index contributed by atoms with van der Waals surface area (Å²) in [5, 5.41) is 0. The van der Waals surface area contributed by atoms with E-state index in [1.807, 2.05) is 36.4 Å². The monoisotopic (exact) mass is 285 g/mol. The molecule has 21 heavy (non-hydrogen) atoms. The first kappa shape index (κ1) is 15.4. The standard InChI is InChI=1S/C18H23NO2/c1-18(19,12-14-7-5-4-6-8-14)13-15-9-10-16(20-2)17(11-15)21-3/h4-11H,12-13,19H2,1-3H3. The number of hydrogen-bond donors (Lipinski definition) is 1. The first-order chi connectivity index (χ1) is 10.0. The van der Waals surface area contributed by atoms with E-state index in [0.29, 0.717) is 0 Å². The molecule has 0 aliphatic heterocycles. The molecule has 0 aromatic heterocycles. The third-order valence-electron chi connectivity index (χ3n) is 3.51. The van der Waals surface area contributed by atoms with E-state index in [2.05, 4.69) is 19.1 Å². The zero-order valence-electron chi connectivity index (χ0n) is 12.9. The molecule has 3 nitrogen and oxygen atoms in total. The molecule has 0 spiro atoms. The Kier molecular flexibility index (Phi) is 4.86. The highest BCUT2D eigenvalue weighted by Gasteiger charge is 2.20. The van der Waals surface area contributed by atoms with Crippen molar-refractivity contribution >= 4 is 0 Å². The average molecular weight is 285 g/mol. The van der Waals surface area contributed by atoms with Crippen LogP contribution in [0.3, 0.4) is 0 Å². The lowest BCUT2D eigenvalue weighted by atomic mass is 9.87. The Morgan fingerprint density at radius 1 is 0.857 bits per heavy atom. The predicted octanol–water partition coefficient (Wildman–Crippen LogP) is 3.21. The quantitative estimate of drug-likeness (QED) is 0.886. The van der Waals surface area contributed by atoms with Gasteiger partial charge in [-0.1, -0.05) is 36.4 Å². The van der Waals surface area contributed by atoms with E-state index in [9.17, 15) is 0 Å². The van der Waals surface area contributed by atoms with Crippen molar-refractivity contribution in [2.24, 2.45) is 5.73 Å². The Bertz CT molecular complexity index is 579. The van der Waals surface area contributed by atoms with Crippen LogP contribution < -0.4 is 15.2 Å². The molecule has 0 radical (unpaired) electrons. The third kappa shape index (κ3) is 4.23.